The first-order valence-corrected chi connectivity index (χ1v) is 7.99. The highest BCUT2D eigenvalue weighted by Crippen LogP contribution is 2.04. The number of rotatable bonds is 10. The molecule has 0 unspecified atom stereocenters. The highest BCUT2D eigenvalue weighted by atomic mass is 16.5. The molecule has 1 aliphatic rings. The van der Waals surface area contributed by atoms with E-state index >= 15 is 0 Å². The Morgan fingerprint density at radius 1 is 1.05 bits per heavy atom. The van der Waals surface area contributed by atoms with Crippen molar-refractivity contribution in [3.05, 3.63) is 0 Å². The van der Waals surface area contributed by atoms with Gasteiger partial charge in [0, 0.05) is 58.5 Å². The molecule has 0 aromatic rings. The van der Waals surface area contributed by atoms with Crippen molar-refractivity contribution in [1.82, 2.24) is 15.1 Å². The molecule has 0 spiro atoms. The summed E-state index contributed by atoms with van der Waals surface area (Å²) in [5, 5.41) is 3.53. The van der Waals surface area contributed by atoms with Crippen molar-refractivity contribution < 1.29 is 4.74 Å². The normalized spacial score (nSPS) is 18.3. The van der Waals surface area contributed by atoms with Crippen LogP contribution in [0.3, 0.4) is 0 Å². The molecule has 0 radical (unpaired) electrons. The molecule has 1 heterocycles. The zero-order valence-electron chi connectivity index (χ0n) is 13.2. The van der Waals surface area contributed by atoms with Crippen molar-refractivity contribution in [2.24, 2.45) is 0 Å². The van der Waals surface area contributed by atoms with E-state index in [0.29, 0.717) is 6.04 Å². The van der Waals surface area contributed by atoms with Crippen LogP contribution in [0.2, 0.25) is 0 Å². The van der Waals surface area contributed by atoms with Gasteiger partial charge in [0.05, 0.1) is 0 Å². The summed E-state index contributed by atoms with van der Waals surface area (Å²) < 4.78 is 5.32. The third-order valence-corrected chi connectivity index (χ3v) is 3.84. The third-order valence-electron chi connectivity index (χ3n) is 3.84. The zero-order chi connectivity index (χ0) is 13.9. The van der Waals surface area contributed by atoms with Crippen LogP contribution in [0.4, 0.5) is 0 Å². The van der Waals surface area contributed by atoms with Crippen LogP contribution in [0.25, 0.3) is 0 Å². The van der Waals surface area contributed by atoms with Crippen LogP contribution in [0.1, 0.15) is 33.6 Å². The number of piperazine rings is 1. The number of ether oxygens (including phenoxy) is 1. The van der Waals surface area contributed by atoms with Crippen molar-refractivity contribution in [3.8, 4) is 0 Å². The molecular formula is C15H33N3O. The van der Waals surface area contributed by atoms with Gasteiger partial charge in [-0.15, -0.1) is 0 Å². The van der Waals surface area contributed by atoms with E-state index in [2.05, 4.69) is 35.9 Å². The van der Waals surface area contributed by atoms with Gasteiger partial charge >= 0.3 is 0 Å². The van der Waals surface area contributed by atoms with Gasteiger partial charge in [0.2, 0.25) is 0 Å². The standard InChI is InChI=1S/C15H33N3O/c1-4-19-14-6-5-7-16-8-9-17-10-12-18(13-11-17)15(2)3/h15-16H,4-14H2,1-3H3. The van der Waals surface area contributed by atoms with E-state index in [1.165, 1.54) is 45.6 Å². The van der Waals surface area contributed by atoms with E-state index in [1.807, 2.05) is 0 Å². The van der Waals surface area contributed by atoms with Gasteiger partial charge < -0.3 is 10.1 Å². The third kappa shape index (κ3) is 7.88. The maximum Gasteiger partial charge on any atom is 0.0466 e. The molecule has 1 aliphatic heterocycles. The largest absolute Gasteiger partial charge is 0.382 e. The summed E-state index contributed by atoms with van der Waals surface area (Å²) in [6.07, 6.45) is 2.40. The minimum Gasteiger partial charge on any atom is -0.382 e. The number of hydrogen-bond donors (Lipinski definition) is 1. The lowest BCUT2D eigenvalue weighted by Crippen LogP contribution is -2.50. The Hall–Kier alpha value is -0.160. The van der Waals surface area contributed by atoms with Crippen LogP contribution in [0.15, 0.2) is 0 Å². The van der Waals surface area contributed by atoms with Crippen LogP contribution in [0, 0.1) is 0 Å². The van der Waals surface area contributed by atoms with E-state index in [9.17, 15) is 0 Å². The second kappa shape index (κ2) is 10.6. The molecule has 1 fully saturated rings. The van der Waals surface area contributed by atoms with Crippen LogP contribution < -0.4 is 5.32 Å². The first-order valence-electron chi connectivity index (χ1n) is 7.99. The molecule has 19 heavy (non-hydrogen) atoms. The van der Waals surface area contributed by atoms with E-state index in [0.717, 1.165) is 26.3 Å². The average Bonchev–Trinajstić information content (AvgIpc) is 2.42. The zero-order valence-corrected chi connectivity index (χ0v) is 13.2. The summed E-state index contributed by atoms with van der Waals surface area (Å²) in [5.74, 6) is 0. The van der Waals surface area contributed by atoms with Gasteiger partial charge in [-0.25, -0.2) is 0 Å². The highest BCUT2D eigenvalue weighted by molar-refractivity contribution is 4.74. The molecule has 114 valence electrons. The lowest BCUT2D eigenvalue weighted by atomic mass is 10.2. The number of nitrogens with zero attached hydrogens (tertiary/aromatic N) is 2. The Balaban J connectivity index is 1.88. The molecule has 0 amide bonds. The van der Waals surface area contributed by atoms with E-state index in [-0.39, 0.29) is 0 Å². The molecule has 0 bridgehead atoms. The maximum absolute atomic E-state index is 5.32. The van der Waals surface area contributed by atoms with Crippen molar-refractivity contribution in [3.63, 3.8) is 0 Å². The fourth-order valence-corrected chi connectivity index (χ4v) is 2.46. The number of hydrogen-bond acceptors (Lipinski definition) is 4. The maximum atomic E-state index is 5.32. The topological polar surface area (TPSA) is 27.7 Å². The van der Waals surface area contributed by atoms with Crippen molar-refractivity contribution in [2.45, 2.75) is 39.7 Å². The molecule has 0 atom stereocenters. The molecule has 1 N–H and O–H groups in total. The fraction of sp³-hybridized carbons (Fsp3) is 1.00. The average molecular weight is 271 g/mol. The summed E-state index contributed by atoms with van der Waals surface area (Å²) in [4.78, 5) is 5.14. The van der Waals surface area contributed by atoms with Gasteiger partial charge in [-0.05, 0) is 40.2 Å². The predicted octanol–water partition coefficient (Wildman–Crippen LogP) is 1.42. The lowest BCUT2D eigenvalue weighted by Gasteiger charge is -2.36. The van der Waals surface area contributed by atoms with Gasteiger partial charge in [0.25, 0.3) is 0 Å². The first-order chi connectivity index (χ1) is 9.24. The van der Waals surface area contributed by atoms with E-state index < -0.39 is 0 Å². The molecule has 0 aliphatic carbocycles. The molecule has 0 saturated carbocycles. The highest BCUT2D eigenvalue weighted by Gasteiger charge is 2.17. The molecule has 1 rings (SSSR count). The lowest BCUT2D eigenvalue weighted by molar-refractivity contribution is 0.109. The van der Waals surface area contributed by atoms with Crippen molar-refractivity contribution in [2.75, 3.05) is 59.0 Å². The van der Waals surface area contributed by atoms with E-state index in [1.54, 1.807) is 0 Å². The molecule has 0 aromatic heterocycles. The quantitative estimate of drug-likeness (QED) is 0.608. The minimum atomic E-state index is 0.700. The Kier molecular flexibility index (Phi) is 9.43. The Morgan fingerprint density at radius 3 is 2.42 bits per heavy atom. The summed E-state index contributed by atoms with van der Waals surface area (Å²) >= 11 is 0. The Bertz CT molecular complexity index is 204. The summed E-state index contributed by atoms with van der Waals surface area (Å²) in [6, 6.07) is 0.700. The predicted molar refractivity (Wildman–Crippen MR) is 81.7 cm³/mol. The van der Waals surface area contributed by atoms with Crippen LogP contribution in [-0.2, 0) is 4.74 Å². The summed E-state index contributed by atoms with van der Waals surface area (Å²) in [5.41, 5.74) is 0. The SMILES string of the molecule is CCOCCCCNCCN1CCN(C(C)C)CC1. The molecule has 0 aromatic carbocycles. The minimum absolute atomic E-state index is 0.700. The molecule has 4 nitrogen and oxygen atoms in total. The van der Waals surface area contributed by atoms with Crippen molar-refractivity contribution in [1.29, 1.82) is 0 Å². The number of unbranched alkanes of at least 4 members (excludes halogenated alkanes) is 1. The second-order valence-corrected chi connectivity index (χ2v) is 5.63. The van der Waals surface area contributed by atoms with Crippen LogP contribution in [-0.4, -0.2) is 74.9 Å². The monoisotopic (exact) mass is 271 g/mol. The molecule has 4 heteroatoms. The van der Waals surface area contributed by atoms with Crippen LogP contribution >= 0.6 is 0 Å². The second-order valence-electron chi connectivity index (χ2n) is 5.63. The van der Waals surface area contributed by atoms with Crippen LogP contribution in [0.5, 0.6) is 0 Å². The molecular weight excluding hydrogens is 238 g/mol. The van der Waals surface area contributed by atoms with Gasteiger partial charge in [-0.2, -0.15) is 0 Å². The van der Waals surface area contributed by atoms with Gasteiger partial charge in [0.1, 0.15) is 0 Å². The fourth-order valence-electron chi connectivity index (χ4n) is 2.46. The van der Waals surface area contributed by atoms with Crippen molar-refractivity contribution >= 4 is 0 Å². The summed E-state index contributed by atoms with van der Waals surface area (Å²) in [7, 11) is 0. The Morgan fingerprint density at radius 2 is 1.79 bits per heavy atom. The first kappa shape index (κ1) is 16.9. The van der Waals surface area contributed by atoms with Gasteiger partial charge in [-0.1, -0.05) is 0 Å². The van der Waals surface area contributed by atoms with Gasteiger partial charge in [0.15, 0.2) is 0 Å². The summed E-state index contributed by atoms with van der Waals surface area (Å²) in [6.45, 7) is 16.7. The molecule has 1 saturated heterocycles. The van der Waals surface area contributed by atoms with E-state index in [4.69, 9.17) is 4.74 Å². The Labute approximate surface area is 119 Å². The van der Waals surface area contributed by atoms with Gasteiger partial charge in [-0.3, -0.25) is 9.80 Å². The number of nitrogens with one attached hydrogen (secondary N) is 1. The smallest absolute Gasteiger partial charge is 0.0466 e.